The fourth-order valence-corrected chi connectivity index (χ4v) is 9.57. The maximum atomic E-state index is 15.6. The van der Waals surface area contributed by atoms with Crippen LogP contribution < -0.4 is 33.2 Å². The van der Waals surface area contributed by atoms with Crippen LogP contribution in [0.1, 0.15) is 120 Å². The molecule has 12 nitrogen and oxygen atoms in total. The molecule has 1 unspecified atom stereocenters. The molecule has 9 N–H and O–H groups in total. The van der Waals surface area contributed by atoms with Crippen molar-refractivity contribution in [2.24, 2.45) is 29.0 Å². The van der Waals surface area contributed by atoms with Crippen LogP contribution in [0.2, 0.25) is 0 Å². The van der Waals surface area contributed by atoms with E-state index >= 15 is 9.59 Å². The Morgan fingerprint density at radius 3 is 1.90 bits per heavy atom. The van der Waals surface area contributed by atoms with Gasteiger partial charge in [0.15, 0.2) is 17.1 Å². The fourth-order valence-electron chi connectivity index (χ4n) is 9.57. The SMILES string of the molecule is CN[C@@H](Cc1ccccc1)C(=O)N[C@@H](CCCCN)C(=O)N1CCC[C@H]1C(=O)C(NC(=O)[C@@H](N)CC1CCCCC1)(C(=O)[C@@H](N)CC1CCCCC1)c1ccccc1. The Morgan fingerprint density at radius 1 is 0.724 bits per heavy atom. The van der Waals surface area contributed by atoms with Crippen LogP contribution in [0.4, 0.5) is 0 Å². The fraction of sp³-hybridized carbons (Fsp3) is 0.630. The molecule has 2 saturated carbocycles. The largest absolute Gasteiger partial charge is 0.343 e. The standard InChI is InChI=1S/C46H69N7O5/c1-50-39(31-34-21-10-4-11-22-34)44(57)51-38(25-14-15-27-47)45(58)53-28-16-26-40(53)42(55)46(35-23-12-5-13-24-35,41(54)36(48)29-32-17-6-2-7-18-32)52-43(56)37(49)30-33-19-8-3-9-20-33/h4-5,10-13,21-24,32-33,36-40,50H,2-3,6-9,14-20,25-31,47-49H2,1H3,(H,51,57)(H,52,56)/t36-,37-,38-,39-,40-,46?/m0/s1. The van der Waals surface area contributed by atoms with Gasteiger partial charge in [0.25, 0.3) is 0 Å². The minimum atomic E-state index is -2.19. The molecular formula is C46H69N7O5. The lowest BCUT2D eigenvalue weighted by molar-refractivity contribution is -0.149. The molecule has 0 bridgehead atoms. The molecule has 0 spiro atoms. The second-order valence-electron chi connectivity index (χ2n) is 17.1. The lowest BCUT2D eigenvalue weighted by atomic mass is 9.73. The monoisotopic (exact) mass is 800 g/mol. The smallest absolute Gasteiger partial charge is 0.245 e. The molecular weight excluding hydrogens is 731 g/mol. The topological polar surface area (TPSA) is 203 Å². The van der Waals surface area contributed by atoms with E-state index in [-0.39, 0.29) is 30.7 Å². The number of carbonyl (C=O) groups excluding carboxylic acids is 5. The summed E-state index contributed by atoms with van der Waals surface area (Å²) in [6, 6.07) is 13.7. The van der Waals surface area contributed by atoms with Crippen molar-refractivity contribution in [2.45, 2.75) is 151 Å². The number of rotatable bonds is 21. The van der Waals surface area contributed by atoms with Gasteiger partial charge < -0.3 is 38.1 Å². The average molecular weight is 800 g/mol. The van der Waals surface area contributed by atoms with E-state index in [1.807, 2.05) is 30.3 Å². The van der Waals surface area contributed by atoms with Crippen molar-refractivity contribution in [3.8, 4) is 0 Å². The lowest BCUT2D eigenvalue weighted by Gasteiger charge is -2.40. The third kappa shape index (κ3) is 11.6. The second-order valence-corrected chi connectivity index (χ2v) is 17.1. The zero-order valence-electron chi connectivity index (χ0n) is 34.7. The van der Waals surface area contributed by atoms with Gasteiger partial charge in [0.05, 0.1) is 24.2 Å². The Labute approximate surface area is 345 Å². The van der Waals surface area contributed by atoms with Crippen LogP contribution >= 0.6 is 0 Å². The van der Waals surface area contributed by atoms with Crippen LogP contribution in [0.3, 0.4) is 0 Å². The van der Waals surface area contributed by atoms with Gasteiger partial charge in [0, 0.05) is 6.54 Å². The van der Waals surface area contributed by atoms with E-state index in [9.17, 15) is 14.4 Å². The number of ketones is 2. The van der Waals surface area contributed by atoms with E-state index < -0.39 is 59.1 Å². The van der Waals surface area contributed by atoms with Crippen molar-refractivity contribution in [1.29, 1.82) is 0 Å². The van der Waals surface area contributed by atoms with E-state index in [2.05, 4.69) is 16.0 Å². The summed E-state index contributed by atoms with van der Waals surface area (Å²) in [6.45, 7) is 0.679. The molecule has 2 aliphatic carbocycles. The van der Waals surface area contributed by atoms with Crippen molar-refractivity contribution in [1.82, 2.24) is 20.9 Å². The molecule has 3 amide bonds. The molecule has 318 valence electrons. The van der Waals surface area contributed by atoms with Gasteiger partial charge in [-0.25, -0.2) is 0 Å². The van der Waals surface area contributed by atoms with Crippen molar-refractivity contribution in [2.75, 3.05) is 20.1 Å². The van der Waals surface area contributed by atoms with Crippen LogP contribution in [-0.2, 0) is 35.9 Å². The number of nitrogens with zero attached hydrogens (tertiary/aromatic N) is 1. The third-order valence-corrected chi connectivity index (χ3v) is 12.9. The van der Waals surface area contributed by atoms with Gasteiger partial charge in [-0.2, -0.15) is 0 Å². The number of likely N-dealkylation sites (tertiary alicyclic amines) is 1. The highest BCUT2D eigenvalue weighted by Gasteiger charge is 2.55. The second kappa shape index (κ2) is 22.4. The van der Waals surface area contributed by atoms with Crippen molar-refractivity contribution < 1.29 is 24.0 Å². The number of nitrogens with two attached hydrogens (primary N) is 3. The van der Waals surface area contributed by atoms with Crippen LogP contribution in [-0.4, -0.2) is 84.5 Å². The predicted molar refractivity (Wildman–Crippen MR) is 227 cm³/mol. The summed E-state index contributed by atoms with van der Waals surface area (Å²) in [7, 11) is 1.71. The Balaban J connectivity index is 1.48. The highest BCUT2D eigenvalue weighted by atomic mass is 16.2. The summed E-state index contributed by atoms with van der Waals surface area (Å²) in [5.41, 5.74) is 18.4. The summed E-state index contributed by atoms with van der Waals surface area (Å²) >= 11 is 0. The number of benzene rings is 2. The van der Waals surface area contributed by atoms with E-state index in [0.29, 0.717) is 57.1 Å². The Bertz CT molecular complexity index is 1630. The molecule has 58 heavy (non-hydrogen) atoms. The number of hydrogen-bond acceptors (Lipinski definition) is 9. The first kappa shape index (κ1) is 45.1. The molecule has 5 rings (SSSR count). The van der Waals surface area contributed by atoms with Gasteiger partial charge in [-0.1, -0.05) is 125 Å². The van der Waals surface area contributed by atoms with Crippen molar-refractivity contribution >= 4 is 29.3 Å². The maximum Gasteiger partial charge on any atom is 0.245 e. The molecule has 6 atom stereocenters. The zero-order valence-corrected chi connectivity index (χ0v) is 34.7. The highest BCUT2D eigenvalue weighted by molar-refractivity contribution is 6.18. The van der Waals surface area contributed by atoms with E-state index in [0.717, 1.165) is 69.8 Å². The molecule has 3 fully saturated rings. The van der Waals surface area contributed by atoms with Gasteiger partial charge in [0.1, 0.15) is 6.04 Å². The molecule has 12 heteroatoms. The van der Waals surface area contributed by atoms with Crippen LogP contribution in [0.25, 0.3) is 0 Å². The van der Waals surface area contributed by atoms with Gasteiger partial charge >= 0.3 is 0 Å². The Kier molecular flexibility index (Phi) is 17.4. The van der Waals surface area contributed by atoms with E-state index in [1.165, 1.54) is 4.90 Å². The number of amides is 3. The minimum Gasteiger partial charge on any atom is -0.343 e. The maximum absolute atomic E-state index is 15.6. The number of Topliss-reactive ketones (excluding diaryl/α,β-unsaturated/α-hetero) is 2. The van der Waals surface area contributed by atoms with Crippen LogP contribution in [0.15, 0.2) is 60.7 Å². The number of likely N-dealkylation sites (N-methyl/N-ethyl adjacent to an activating group) is 1. The number of nitrogens with one attached hydrogen (secondary N) is 3. The average Bonchev–Trinajstić information content (AvgIpc) is 3.75. The molecule has 1 heterocycles. The van der Waals surface area contributed by atoms with Gasteiger partial charge in [-0.3, -0.25) is 24.0 Å². The molecule has 0 radical (unpaired) electrons. The molecule has 3 aliphatic rings. The minimum absolute atomic E-state index is 0.228. The predicted octanol–water partition coefficient (Wildman–Crippen LogP) is 4.17. The summed E-state index contributed by atoms with van der Waals surface area (Å²) in [4.78, 5) is 75.2. The van der Waals surface area contributed by atoms with Crippen molar-refractivity contribution in [3.63, 3.8) is 0 Å². The van der Waals surface area contributed by atoms with Crippen molar-refractivity contribution in [3.05, 3.63) is 71.8 Å². The first-order valence-electron chi connectivity index (χ1n) is 22.1. The summed E-state index contributed by atoms with van der Waals surface area (Å²) in [5.74, 6) is -2.00. The first-order valence-corrected chi connectivity index (χ1v) is 22.1. The van der Waals surface area contributed by atoms with E-state index in [4.69, 9.17) is 17.2 Å². The van der Waals surface area contributed by atoms with Gasteiger partial charge in [0.2, 0.25) is 17.7 Å². The summed E-state index contributed by atoms with van der Waals surface area (Å²) in [5, 5.41) is 9.07. The highest BCUT2D eigenvalue weighted by Crippen LogP contribution is 2.35. The molecule has 1 saturated heterocycles. The van der Waals surface area contributed by atoms with Gasteiger partial charge in [-0.15, -0.1) is 0 Å². The Morgan fingerprint density at radius 2 is 1.31 bits per heavy atom. The number of hydrogen-bond donors (Lipinski definition) is 6. The third-order valence-electron chi connectivity index (χ3n) is 12.9. The molecule has 1 aliphatic heterocycles. The summed E-state index contributed by atoms with van der Waals surface area (Å²) < 4.78 is 0. The van der Waals surface area contributed by atoms with Crippen LogP contribution in [0, 0.1) is 11.8 Å². The quantitative estimate of drug-likeness (QED) is 0.0792. The number of unbranched alkanes of at least 4 members (excludes halogenated alkanes) is 1. The molecule has 0 aromatic heterocycles. The molecule has 2 aromatic rings. The zero-order chi connectivity index (χ0) is 41.5. The normalized spacial score (nSPS) is 21.0. The van der Waals surface area contributed by atoms with Gasteiger partial charge in [-0.05, 0) is 87.9 Å². The summed E-state index contributed by atoms with van der Waals surface area (Å²) in [6.07, 6.45) is 14.1. The molecule has 2 aromatic carbocycles. The van der Waals surface area contributed by atoms with Crippen LogP contribution in [0.5, 0.6) is 0 Å². The van der Waals surface area contributed by atoms with E-state index in [1.54, 1.807) is 37.4 Å². The lowest BCUT2D eigenvalue weighted by Crippen LogP contribution is -2.67. The first-order chi connectivity index (χ1) is 28.1. The Hall–Kier alpha value is -3.97. The number of carbonyl (C=O) groups is 5.